The molecule has 2 aromatic heterocycles. The monoisotopic (exact) mass is 496 g/mol. The van der Waals surface area contributed by atoms with Crippen LogP contribution in [-0.2, 0) is 4.74 Å². The first-order valence-corrected chi connectivity index (χ1v) is 12.7. The molecule has 0 aliphatic carbocycles. The van der Waals surface area contributed by atoms with Gasteiger partial charge < -0.3 is 19.4 Å². The highest BCUT2D eigenvalue weighted by molar-refractivity contribution is 6.30. The van der Waals surface area contributed by atoms with E-state index in [9.17, 15) is 4.79 Å². The summed E-state index contributed by atoms with van der Waals surface area (Å²) in [6, 6.07) is 7.92. The van der Waals surface area contributed by atoms with Crippen molar-refractivity contribution >= 4 is 40.2 Å². The maximum atomic E-state index is 12.7. The van der Waals surface area contributed by atoms with Crippen LogP contribution in [0.2, 0.25) is 5.02 Å². The number of carbonyl (C=O) groups is 1. The number of halogens is 1. The summed E-state index contributed by atoms with van der Waals surface area (Å²) in [6.07, 6.45) is 5.90. The highest BCUT2D eigenvalue weighted by atomic mass is 35.5. The van der Waals surface area contributed by atoms with Crippen molar-refractivity contribution in [3.8, 4) is 5.69 Å². The highest BCUT2D eigenvalue weighted by Crippen LogP contribution is 2.38. The average molecular weight is 497 g/mol. The standard InChI is InChI=1S/C26H33ClN6O2/c1-18-15-31(25(34)35-26(2,3)4)12-13-32(18)23-22-21(30-10-5-6-11-30)16-33(24(22)29-17-28-23)20-9-7-8-19(27)14-20/h7-9,14,16-18H,5-6,10-13,15H2,1-4H3/t18-/m0/s1. The zero-order valence-corrected chi connectivity index (χ0v) is 21.6. The first-order chi connectivity index (χ1) is 16.7. The molecule has 2 aliphatic heterocycles. The van der Waals surface area contributed by atoms with Gasteiger partial charge in [-0.05, 0) is 58.7 Å². The fourth-order valence-electron chi connectivity index (χ4n) is 5.03. The zero-order valence-electron chi connectivity index (χ0n) is 20.9. The Hall–Kier alpha value is -3.00. The molecule has 186 valence electrons. The molecule has 9 heteroatoms. The summed E-state index contributed by atoms with van der Waals surface area (Å²) in [4.78, 5) is 28.7. The summed E-state index contributed by atoms with van der Waals surface area (Å²) in [7, 11) is 0. The van der Waals surface area contributed by atoms with Crippen LogP contribution in [0.4, 0.5) is 16.3 Å². The number of amides is 1. The maximum Gasteiger partial charge on any atom is 0.410 e. The van der Waals surface area contributed by atoms with Gasteiger partial charge in [-0.1, -0.05) is 17.7 Å². The van der Waals surface area contributed by atoms with Crippen molar-refractivity contribution in [3.63, 3.8) is 0 Å². The first-order valence-electron chi connectivity index (χ1n) is 12.3. The third-order valence-electron chi connectivity index (χ3n) is 6.63. The molecule has 3 aromatic rings. The fourth-order valence-corrected chi connectivity index (χ4v) is 5.21. The van der Waals surface area contributed by atoms with Crippen molar-refractivity contribution in [1.29, 1.82) is 0 Å². The van der Waals surface area contributed by atoms with Crippen LogP contribution in [-0.4, -0.2) is 69.9 Å². The average Bonchev–Trinajstić information content (AvgIpc) is 3.46. The lowest BCUT2D eigenvalue weighted by atomic mass is 10.1. The third-order valence-corrected chi connectivity index (χ3v) is 6.86. The summed E-state index contributed by atoms with van der Waals surface area (Å²) in [5.41, 5.74) is 2.47. The van der Waals surface area contributed by atoms with E-state index in [2.05, 4.69) is 27.5 Å². The molecule has 35 heavy (non-hydrogen) atoms. The van der Waals surface area contributed by atoms with Crippen molar-refractivity contribution in [2.45, 2.75) is 52.2 Å². The number of carbonyl (C=O) groups excluding carboxylic acids is 1. The summed E-state index contributed by atoms with van der Waals surface area (Å²) >= 11 is 6.32. The molecule has 0 N–H and O–H groups in total. The number of anilines is 2. The number of aromatic nitrogens is 3. The molecule has 0 saturated carbocycles. The van der Waals surface area contributed by atoms with Crippen molar-refractivity contribution in [3.05, 3.63) is 41.8 Å². The number of benzene rings is 1. The number of fused-ring (bicyclic) bond motifs is 1. The van der Waals surface area contributed by atoms with E-state index in [0.717, 1.165) is 41.3 Å². The molecule has 1 aromatic carbocycles. The van der Waals surface area contributed by atoms with E-state index in [1.165, 1.54) is 12.8 Å². The molecule has 4 heterocycles. The van der Waals surface area contributed by atoms with Crippen LogP contribution in [0.15, 0.2) is 36.8 Å². The van der Waals surface area contributed by atoms with Gasteiger partial charge in [0.2, 0.25) is 0 Å². The number of ether oxygens (including phenoxy) is 1. The number of rotatable bonds is 3. The second kappa shape index (κ2) is 9.22. The molecule has 2 fully saturated rings. The Kier molecular flexibility index (Phi) is 6.25. The topological polar surface area (TPSA) is 66.7 Å². The van der Waals surface area contributed by atoms with Gasteiger partial charge in [0.05, 0.1) is 11.1 Å². The molecule has 1 amide bonds. The summed E-state index contributed by atoms with van der Waals surface area (Å²) in [5.74, 6) is 0.911. The van der Waals surface area contributed by atoms with Crippen LogP contribution in [0, 0.1) is 0 Å². The SMILES string of the molecule is C[C@H]1CN(C(=O)OC(C)(C)C)CCN1c1ncnc2c1c(N1CCCC1)cn2-c1cccc(Cl)c1. The molecule has 5 rings (SSSR count). The Morgan fingerprint density at radius 2 is 1.89 bits per heavy atom. The van der Waals surface area contributed by atoms with Crippen LogP contribution in [0.25, 0.3) is 16.7 Å². The third kappa shape index (κ3) is 4.76. The van der Waals surface area contributed by atoms with Gasteiger partial charge in [-0.15, -0.1) is 0 Å². The molecule has 0 bridgehead atoms. The minimum atomic E-state index is -0.510. The van der Waals surface area contributed by atoms with E-state index in [0.29, 0.717) is 24.7 Å². The largest absolute Gasteiger partial charge is 0.444 e. The summed E-state index contributed by atoms with van der Waals surface area (Å²) in [6.45, 7) is 11.7. The van der Waals surface area contributed by atoms with Gasteiger partial charge in [0.1, 0.15) is 17.7 Å². The maximum absolute atomic E-state index is 12.7. The van der Waals surface area contributed by atoms with Gasteiger partial charge in [0, 0.05) is 55.7 Å². The molecule has 0 spiro atoms. The molecule has 0 unspecified atom stereocenters. The van der Waals surface area contributed by atoms with E-state index in [1.807, 2.05) is 45.0 Å². The first kappa shape index (κ1) is 23.7. The van der Waals surface area contributed by atoms with E-state index < -0.39 is 5.60 Å². The lowest BCUT2D eigenvalue weighted by molar-refractivity contribution is 0.0218. The number of nitrogens with zero attached hydrogens (tertiary/aromatic N) is 6. The van der Waals surface area contributed by atoms with Gasteiger partial charge >= 0.3 is 6.09 Å². The van der Waals surface area contributed by atoms with Gasteiger partial charge in [-0.3, -0.25) is 4.57 Å². The van der Waals surface area contributed by atoms with Crippen molar-refractivity contribution in [2.75, 3.05) is 42.5 Å². The van der Waals surface area contributed by atoms with Gasteiger partial charge in [0.25, 0.3) is 0 Å². The van der Waals surface area contributed by atoms with E-state index in [-0.39, 0.29) is 12.1 Å². The Morgan fingerprint density at radius 3 is 2.57 bits per heavy atom. The zero-order chi connectivity index (χ0) is 24.7. The quantitative estimate of drug-likeness (QED) is 0.501. The highest BCUT2D eigenvalue weighted by Gasteiger charge is 2.33. The molecule has 1 atom stereocenters. The second-order valence-corrected chi connectivity index (χ2v) is 10.9. The Balaban J connectivity index is 1.53. The van der Waals surface area contributed by atoms with Crippen LogP contribution in [0.3, 0.4) is 0 Å². The van der Waals surface area contributed by atoms with Crippen LogP contribution >= 0.6 is 11.6 Å². The van der Waals surface area contributed by atoms with E-state index in [4.69, 9.17) is 26.3 Å². The molecule has 0 radical (unpaired) electrons. The molecular weight excluding hydrogens is 464 g/mol. The molecule has 2 saturated heterocycles. The van der Waals surface area contributed by atoms with Crippen molar-refractivity contribution in [1.82, 2.24) is 19.4 Å². The lowest BCUT2D eigenvalue weighted by Gasteiger charge is -2.41. The molecular formula is C26H33ClN6O2. The van der Waals surface area contributed by atoms with Crippen molar-refractivity contribution in [2.24, 2.45) is 0 Å². The Morgan fingerprint density at radius 1 is 1.11 bits per heavy atom. The predicted molar refractivity (Wildman–Crippen MR) is 140 cm³/mol. The van der Waals surface area contributed by atoms with Crippen LogP contribution in [0.5, 0.6) is 0 Å². The van der Waals surface area contributed by atoms with E-state index in [1.54, 1.807) is 11.2 Å². The minimum absolute atomic E-state index is 0.0790. The Bertz CT molecular complexity index is 1230. The smallest absolute Gasteiger partial charge is 0.410 e. The number of piperazine rings is 1. The second-order valence-electron chi connectivity index (χ2n) is 10.4. The van der Waals surface area contributed by atoms with E-state index >= 15 is 0 Å². The van der Waals surface area contributed by atoms with Crippen LogP contribution < -0.4 is 9.80 Å². The summed E-state index contributed by atoms with van der Waals surface area (Å²) < 4.78 is 7.72. The Labute approximate surface area is 211 Å². The van der Waals surface area contributed by atoms with Gasteiger partial charge in [0.15, 0.2) is 5.65 Å². The fraction of sp³-hybridized carbons (Fsp3) is 0.500. The summed E-state index contributed by atoms with van der Waals surface area (Å²) in [5, 5.41) is 1.74. The van der Waals surface area contributed by atoms with Gasteiger partial charge in [-0.2, -0.15) is 0 Å². The van der Waals surface area contributed by atoms with Crippen LogP contribution in [0.1, 0.15) is 40.5 Å². The lowest BCUT2D eigenvalue weighted by Crippen LogP contribution is -2.54. The minimum Gasteiger partial charge on any atom is -0.444 e. The van der Waals surface area contributed by atoms with Crippen molar-refractivity contribution < 1.29 is 9.53 Å². The predicted octanol–water partition coefficient (Wildman–Crippen LogP) is 5.12. The molecule has 2 aliphatic rings. The number of hydrogen-bond donors (Lipinski definition) is 0. The molecule has 8 nitrogen and oxygen atoms in total. The number of hydrogen-bond acceptors (Lipinski definition) is 6. The normalized spacial score (nSPS) is 19.0. The van der Waals surface area contributed by atoms with Gasteiger partial charge in [-0.25, -0.2) is 14.8 Å².